The molecule has 0 atom stereocenters. The van der Waals surface area contributed by atoms with Gasteiger partial charge in [0.25, 0.3) is 5.91 Å². The molecular formula is C24H28F3N3O. The average molecular weight is 432 g/mol. The summed E-state index contributed by atoms with van der Waals surface area (Å²) in [5.74, 6) is -0.281. The van der Waals surface area contributed by atoms with Gasteiger partial charge in [0.15, 0.2) is 0 Å². The zero-order valence-corrected chi connectivity index (χ0v) is 18.0. The van der Waals surface area contributed by atoms with Crippen LogP contribution in [0.25, 0.3) is 0 Å². The standard InChI is InChI=1S/C24H28F3N3O/c1-3-5-14-29(15-6-4-2)17-30-21-13-8-7-12-20(21)22(23(30)31)28-19-11-9-10-18(16-19)24(25,26)27/h7-13,16H,3-6,14-15,17H2,1-2H3. The molecule has 0 saturated carbocycles. The second-order valence-corrected chi connectivity index (χ2v) is 7.73. The second-order valence-electron chi connectivity index (χ2n) is 7.73. The average Bonchev–Trinajstić information content (AvgIpc) is 3.01. The summed E-state index contributed by atoms with van der Waals surface area (Å²) in [6.45, 7) is 6.49. The zero-order chi connectivity index (χ0) is 22.4. The molecule has 1 aliphatic rings. The van der Waals surface area contributed by atoms with Gasteiger partial charge < -0.3 is 0 Å². The highest BCUT2D eigenvalue weighted by Crippen LogP contribution is 2.34. The number of benzene rings is 2. The number of hydrogen-bond donors (Lipinski definition) is 0. The van der Waals surface area contributed by atoms with Crippen LogP contribution in [0.4, 0.5) is 24.5 Å². The molecule has 1 amide bonds. The van der Waals surface area contributed by atoms with Gasteiger partial charge in [-0.05, 0) is 50.2 Å². The molecule has 4 nitrogen and oxygen atoms in total. The van der Waals surface area contributed by atoms with E-state index in [1.165, 1.54) is 12.1 Å². The number of nitrogens with zero attached hydrogens (tertiary/aromatic N) is 3. The predicted molar refractivity (Wildman–Crippen MR) is 118 cm³/mol. The molecular weight excluding hydrogens is 403 g/mol. The lowest BCUT2D eigenvalue weighted by molar-refractivity contribution is -0.137. The Bertz CT molecular complexity index is 932. The fraction of sp³-hybridized carbons (Fsp3) is 0.417. The van der Waals surface area contributed by atoms with Crippen LogP contribution in [-0.4, -0.2) is 36.3 Å². The van der Waals surface area contributed by atoms with Crippen molar-refractivity contribution < 1.29 is 18.0 Å². The van der Waals surface area contributed by atoms with Crippen molar-refractivity contribution in [2.75, 3.05) is 24.7 Å². The monoisotopic (exact) mass is 431 g/mol. The van der Waals surface area contributed by atoms with Crippen LogP contribution in [0.3, 0.4) is 0 Å². The summed E-state index contributed by atoms with van der Waals surface area (Å²) in [4.78, 5) is 21.6. The Morgan fingerprint density at radius 2 is 1.65 bits per heavy atom. The Kier molecular flexibility index (Phi) is 7.49. The van der Waals surface area contributed by atoms with Gasteiger partial charge in [-0.25, -0.2) is 4.99 Å². The van der Waals surface area contributed by atoms with Crippen molar-refractivity contribution in [3.63, 3.8) is 0 Å². The Morgan fingerprint density at radius 3 is 2.29 bits per heavy atom. The first-order chi connectivity index (χ1) is 14.8. The predicted octanol–water partition coefficient (Wildman–Crippen LogP) is 6.03. The van der Waals surface area contributed by atoms with Gasteiger partial charge in [0.05, 0.1) is 23.6 Å². The molecule has 31 heavy (non-hydrogen) atoms. The van der Waals surface area contributed by atoms with Crippen molar-refractivity contribution in [2.24, 2.45) is 4.99 Å². The van der Waals surface area contributed by atoms with Crippen LogP contribution in [0.2, 0.25) is 0 Å². The van der Waals surface area contributed by atoms with Crippen LogP contribution in [0.1, 0.15) is 50.7 Å². The number of hydrogen-bond acceptors (Lipinski definition) is 3. The van der Waals surface area contributed by atoms with E-state index in [0.717, 1.165) is 56.6 Å². The largest absolute Gasteiger partial charge is 0.416 e. The van der Waals surface area contributed by atoms with Crippen LogP contribution < -0.4 is 4.90 Å². The van der Waals surface area contributed by atoms with Crippen LogP contribution in [0, 0.1) is 0 Å². The van der Waals surface area contributed by atoms with Crippen molar-refractivity contribution in [2.45, 2.75) is 45.7 Å². The van der Waals surface area contributed by atoms with E-state index in [2.05, 4.69) is 23.7 Å². The number of unbranched alkanes of at least 4 members (excludes halogenated alkanes) is 2. The summed E-state index contributed by atoms with van der Waals surface area (Å²) >= 11 is 0. The molecule has 3 rings (SSSR count). The highest BCUT2D eigenvalue weighted by Gasteiger charge is 2.35. The number of carbonyl (C=O) groups is 1. The zero-order valence-electron chi connectivity index (χ0n) is 18.0. The molecule has 0 radical (unpaired) electrons. The minimum Gasteiger partial charge on any atom is -0.293 e. The van der Waals surface area contributed by atoms with Gasteiger partial charge in [-0.2, -0.15) is 13.2 Å². The smallest absolute Gasteiger partial charge is 0.293 e. The number of para-hydroxylation sites is 1. The van der Waals surface area contributed by atoms with Gasteiger partial charge >= 0.3 is 6.18 Å². The Hall–Kier alpha value is -2.67. The third kappa shape index (κ3) is 5.53. The van der Waals surface area contributed by atoms with E-state index in [4.69, 9.17) is 0 Å². The Morgan fingerprint density at radius 1 is 0.968 bits per heavy atom. The molecule has 0 fully saturated rings. The molecule has 0 unspecified atom stereocenters. The first kappa shape index (κ1) is 23.0. The summed E-state index contributed by atoms with van der Waals surface area (Å²) in [6.07, 6.45) is -0.249. The third-order valence-corrected chi connectivity index (χ3v) is 5.31. The molecule has 0 aliphatic carbocycles. The molecule has 0 saturated heterocycles. The summed E-state index contributed by atoms with van der Waals surface area (Å²) in [6, 6.07) is 12.1. The first-order valence-electron chi connectivity index (χ1n) is 10.7. The van der Waals surface area contributed by atoms with E-state index in [9.17, 15) is 18.0 Å². The number of rotatable bonds is 9. The summed E-state index contributed by atoms with van der Waals surface area (Å²) in [5.41, 5.74) is 0.909. The lowest BCUT2D eigenvalue weighted by atomic mass is 10.1. The molecule has 0 N–H and O–H groups in total. The van der Waals surface area contributed by atoms with Crippen LogP contribution in [0.5, 0.6) is 0 Å². The van der Waals surface area contributed by atoms with E-state index >= 15 is 0 Å². The van der Waals surface area contributed by atoms with Crippen molar-refractivity contribution in [3.8, 4) is 0 Å². The molecule has 1 heterocycles. The molecule has 0 spiro atoms. The fourth-order valence-corrected chi connectivity index (χ4v) is 3.61. The fourth-order valence-electron chi connectivity index (χ4n) is 3.61. The van der Waals surface area contributed by atoms with Crippen molar-refractivity contribution >= 4 is 23.0 Å². The van der Waals surface area contributed by atoms with E-state index < -0.39 is 11.7 Å². The lowest BCUT2D eigenvalue weighted by Gasteiger charge is -2.28. The number of fused-ring (bicyclic) bond motifs is 1. The highest BCUT2D eigenvalue weighted by molar-refractivity contribution is 6.54. The van der Waals surface area contributed by atoms with Gasteiger partial charge in [0.2, 0.25) is 0 Å². The van der Waals surface area contributed by atoms with E-state index in [0.29, 0.717) is 12.2 Å². The number of aliphatic imine (C=N–C) groups is 1. The van der Waals surface area contributed by atoms with E-state index in [1.54, 1.807) is 11.0 Å². The molecule has 166 valence electrons. The van der Waals surface area contributed by atoms with Crippen LogP contribution in [-0.2, 0) is 11.0 Å². The Labute approximate surface area is 181 Å². The maximum atomic E-state index is 13.3. The quantitative estimate of drug-likeness (QED) is 0.486. The van der Waals surface area contributed by atoms with Gasteiger partial charge in [-0.15, -0.1) is 0 Å². The topological polar surface area (TPSA) is 35.9 Å². The number of amides is 1. The van der Waals surface area contributed by atoms with E-state index in [-0.39, 0.29) is 17.3 Å². The van der Waals surface area contributed by atoms with Gasteiger partial charge in [-0.1, -0.05) is 51.0 Å². The Balaban J connectivity index is 1.92. The minimum absolute atomic E-state index is 0.114. The maximum Gasteiger partial charge on any atom is 0.416 e. The molecule has 2 aromatic carbocycles. The van der Waals surface area contributed by atoms with Crippen LogP contribution >= 0.6 is 0 Å². The second kappa shape index (κ2) is 10.1. The minimum atomic E-state index is -4.46. The van der Waals surface area contributed by atoms with Crippen molar-refractivity contribution in [1.82, 2.24) is 4.90 Å². The molecule has 1 aliphatic heterocycles. The normalized spacial score (nSPS) is 15.2. The molecule has 0 bridgehead atoms. The number of halogens is 3. The summed E-state index contributed by atoms with van der Waals surface area (Å²) in [7, 11) is 0. The summed E-state index contributed by atoms with van der Waals surface area (Å²) in [5, 5.41) is 0. The van der Waals surface area contributed by atoms with Gasteiger partial charge in [0, 0.05) is 5.56 Å². The molecule has 0 aromatic heterocycles. The van der Waals surface area contributed by atoms with Gasteiger partial charge in [0.1, 0.15) is 5.71 Å². The molecule has 7 heteroatoms. The van der Waals surface area contributed by atoms with Crippen molar-refractivity contribution in [1.29, 1.82) is 0 Å². The maximum absolute atomic E-state index is 13.3. The van der Waals surface area contributed by atoms with E-state index in [1.807, 2.05) is 18.2 Å². The number of carbonyl (C=O) groups excluding carboxylic acids is 1. The first-order valence-corrected chi connectivity index (χ1v) is 10.7. The summed E-state index contributed by atoms with van der Waals surface area (Å²) < 4.78 is 39.2. The van der Waals surface area contributed by atoms with Crippen molar-refractivity contribution in [3.05, 3.63) is 59.7 Å². The lowest BCUT2D eigenvalue weighted by Crippen LogP contribution is -2.42. The van der Waals surface area contributed by atoms with Crippen LogP contribution in [0.15, 0.2) is 53.5 Å². The molecule has 2 aromatic rings. The number of anilines is 1. The highest BCUT2D eigenvalue weighted by atomic mass is 19.4. The number of alkyl halides is 3. The SMILES string of the molecule is CCCCN(CCCC)CN1C(=O)C(=Nc2cccc(C(F)(F)F)c2)c2ccccc21. The van der Waals surface area contributed by atoms with Gasteiger partial charge in [-0.3, -0.25) is 14.6 Å². The third-order valence-electron chi connectivity index (χ3n) is 5.31.